The third-order valence-corrected chi connectivity index (χ3v) is 4.39. The van der Waals surface area contributed by atoms with Crippen LogP contribution >= 0.6 is 15.9 Å². The molecule has 0 aliphatic carbocycles. The van der Waals surface area contributed by atoms with Gasteiger partial charge in [0.1, 0.15) is 10.3 Å². The van der Waals surface area contributed by atoms with E-state index in [1.165, 1.54) is 6.33 Å². The summed E-state index contributed by atoms with van der Waals surface area (Å²) in [7, 11) is 0. The van der Waals surface area contributed by atoms with Gasteiger partial charge in [0.2, 0.25) is 0 Å². The number of hydrogen-bond donors (Lipinski definition) is 2. The van der Waals surface area contributed by atoms with Gasteiger partial charge in [-0.05, 0) is 53.7 Å². The quantitative estimate of drug-likeness (QED) is 0.859. The van der Waals surface area contributed by atoms with E-state index >= 15 is 0 Å². The Hall–Kier alpha value is -0.880. The second-order valence-corrected chi connectivity index (χ2v) is 6.64. The van der Waals surface area contributed by atoms with Crippen LogP contribution in [0.4, 0.5) is 5.82 Å². The summed E-state index contributed by atoms with van der Waals surface area (Å²) < 4.78 is 0.538. The molecule has 0 atom stereocenters. The molecule has 0 spiro atoms. The highest BCUT2D eigenvalue weighted by atomic mass is 79.9. The number of nitrogens with zero attached hydrogens (tertiary/aromatic N) is 2. The van der Waals surface area contributed by atoms with Gasteiger partial charge in [-0.3, -0.25) is 4.79 Å². The van der Waals surface area contributed by atoms with Crippen molar-refractivity contribution in [3.63, 3.8) is 0 Å². The Morgan fingerprint density at radius 3 is 2.85 bits per heavy atom. The molecule has 0 radical (unpaired) electrons. The number of aromatic nitrogens is 2. The van der Waals surface area contributed by atoms with E-state index in [2.05, 4.69) is 50.0 Å². The molecule has 0 unspecified atom stereocenters. The third-order valence-electron chi connectivity index (χ3n) is 3.68. The molecule has 1 aliphatic rings. The van der Waals surface area contributed by atoms with Crippen LogP contribution in [-0.2, 0) is 0 Å². The van der Waals surface area contributed by atoms with Gasteiger partial charge < -0.3 is 15.2 Å². The van der Waals surface area contributed by atoms with Gasteiger partial charge in [-0.15, -0.1) is 0 Å². The number of nitrogens with one attached hydrogen (secondary N) is 2. The molecule has 1 aliphatic heterocycles. The second kappa shape index (κ2) is 7.22. The number of anilines is 1. The molecule has 0 bridgehead atoms. The standard InChI is InChI=1S/C14H23BrN4O/c1-10(2)7-16-8-11-3-5-19(6-4-11)13-12(15)14(20)18-9-17-13/h9-11,16H,3-8H2,1-2H3,(H,17,18,20). The smallest absolute Gasteiger partial charge is 0.267 e. The number of halogens is 1. The van der Waals surface area contributed by atoms with Crippen molar-refractivity contribution < 1.29 is 0 Å². The zero-order valence-corrected chi connectivity index (χ0v) is 13.7. The minimum Gasteiger partial charge on any atom is -0.355 e. The Balaban J connectivity index is 1.85. The van der Waals surface area contributed by atoms with Crippen LogP contribution < -0.4 is 15.8 Å². The molecule has 1 aromatic rings. The van der Waals surface area contributed by atoms with Crippen molar-refractivity contribution in [3.8, 4) is 0 Å². The Kier molecular flexibility index (Phi) is 5.60. The van der Waals surface area contributed by atoms with Crippen molar-refractivity contribution in [2.45, 2.75) is 26.7 Å². The highest BCUT2D eigenvalue weighted by Gasteiger charge is 2.22. The average molecular weight is 343 g/mol. The maximum atomic E-state index is 11.6. The molecule has 2 heterocycles. The molecule has 1 fully saturated rings. The van der Waals surface area contributed by atoms with Crippen LogP contribution in [0.25, 0.3) is 0 Å². The molecule has 0 aromatic carbocycles. The van der Waals surface area contributed by atoms with Gasteiger partial charge in [0.05, 0.1) is 6.33 Å². The van der Waals surface area contributed by atoms with E-state index < -0.39 is 0 Å². The van der Waals surface area contributed by atoms with E-state index in [-0.39, 0.29) is 5.56 Å². The van der Waals surface area contributed by atoms with E-state index in [0.29, 0.717) is 10.4 Å². The lowest BCUT2D eigenvalue weighted by molar-refractivity contribution is 0.372. The van der Waals surface area contributed by atoms with Gasteiger partial charge in [0.15, 0.2) is 0 Å². The molecular weight excluding hydrogens is 320 g/mol. The van der Waals surface area contributed by atoms with E-state index in [0.717, 1.165) is 50.8 Å². The van der Waals surface area contributed by atoms with Gasteiger partial charge in [-0.25, -0.2) is 4.98 Å². The maximum absolute atomic E-state index is 11.6. The van der Waals surface area contributed by atoms with Crippen LogP contribution in [0, 0.1) is 11.8 Å². The summed E-state index contributed by atoms with van der Waals surface area (Å²) in [5.41, 5.74) is -0.115. The van der Waals surface area contributed by atoms with E-state index in [9.17, 15) is 4.79 Å². The molecule has 1 aromatic heterocycles. The normalized spacial score (nSPS) is 16.9. The first-order valence-electron chi connectivity index (χ1n) is 7.26. The van der Waals surface area contributed by atoms with Crippen molar-refractivity contribution in [3.05, 3.63) is 21.2 Å². The highest BCUT2D eigenvalue weighted by Crippen LogP contribution is 2.25. The minimum atomic E-state index is -0.115. The fraction of sp³-hybridized carbons (Fsp3) is 0.714. The summed E-state index contributed by atoms with van der Waals surface area (Å²) in [6.45, 7) is 8.56. The average Bonchev–Trinajstić information content (AvgIpc) is 2.42. The Morgan fingerprint density at radius 1 is 1.50 bits per heavy atom. The molecule has 112 valence electrons. The third kappa shape index (κ3) is 4.06. The molecule has 0 amide bonds. The molecule has 2 N–H and O–H groups in total. The lowest BCUT2D eigenvalue weighted by Gasteiger charge is -2.33. The van der Waals surface area contributed by atoms with Crippen LogP contribution in [0.15, 0.2) is 15.6 Å². The Morgan fingerprint density at radius 2 is 2.20 bits per heavy atom. The van der Waals surface area contributed by atoms with Crippen LogP contribution in [0.3, 0.4) is 0 Å². The van der Waals surface area contributed by atoms with Crippen molar-refractivity contribution >= 4 is 21.7 Å². The molecule has 1 saturated heterocycles. The van der Waals surface area contributed by atoms with Crippen LogP contribution in [0.2, 0.25) is 0 Å². The first-order valence-corrected chi connectivity index (χ1v) is 8.06. The summed E-state index contributed by atoms with van der Waals surface area (Å²) in [5.74, 6) is 2.19. The predicted octanol–water partition coefficient (Wildman–Crippen LogP) is 1.99. The first kappa shape index (κ1) is 15.5. The molecule has 20 heavy (non-hydrogen) atoms. The first-order chi connectivity index (χ1) is 9.58. The number of H-pyrrole nitrogens is 1. The molecule has 5 nitrogen and oxygen atoms in total. The fourth-order valence-electron chi connectivity index (χ4n) is 2.52. The van der Waals surface area contributed by atoms with E-state index in [4.69, 9.17) is 0 Å². The number of hydrogen-bond acceptors (Lipinski definition) is 4. The summed E-state index contributed by atoms with van der Waals surface area (Å²) in [6, 6.07) is 0. The lowest BCUT2D eigenvalue weighted by Crippen LogP contribution is -2.39. The predicted molar refractivity (Wildman–Crippen MR) is 85.2 cm³/mol. The van der Waals surface area contributed by atoms with Crippen LogP contribution in [-0.4, -0.2) is 36.1 Å². The van der Waals surface area contributed by atoms with Gasteiger partial charge in [-0.1, -0.05) is 13.8 Å². The molecular formula is C14H23BrN4O. The number of aromatic amines is 1. The van der Waals surface area contributed by atoms with Crippen molar-refractivity contribution in [2.24, 2.45) is 11.8 Å². The molecule has 0 saturated carbocycles. The minimum absolute atomic E-state index is 0.115. The van der Waals surface area contributed by atoms with Gasteiger partial charge >= 0.3 is 0 Å². The summed E-state index contributed by atoms with van der Waals surface area (Å²) in [6.07, 6.45) is 3.76. The summed E-state index contributed by atoms with van der Waals surface area (Å²) >= 11 is 3.33. The highest BCUT2D eigenvalue weighted by molar-refractivity contribution is 9.10. The largest absolute Gasteiger partial charge is 0.355 e. The molecule has 2 rings (SSSR count). The van der Waals surface area contributed by atoms with Gasteiger partial charge in [0, 0.05) is 13.1 Å². The SMILES string of the molecule is CC(C)CNCC1CCN(c2nc[nH]c(=O)c2Br)CC1. The summed E-state index contributed by atoms with van der Waals surface area (Å²) in [5, 5.41) is 3.53. The van der Waals surface area contributed by atoms with Crippen LogP contribution in [0.5, 0.6) is 0 Å². The van der Waals surface area contributed by atoms with Gasteiger partial charge in [0.25, 0.3) is 5.56 Å². The monoisotopic (exact) mass is 342 g/mol. The van der Waals surface area contributed by atoms with Crippen molar-refractivity contribution in [1.82, 2.24) is 15.3 Å². The van der Waals surface area contributed by atoms with Gasteiger partial charge in [-0.2, -0.15) is 0 Å². The number of piperidine rings is 1. The fourth-order valence-corrected chi connectivity index (χ4v) is 2.99. The Labute approximate surface area is 128 Å². The van der Waals surface area contributed by atoms with Crippen molar-refractivity contribution in [2.75, 3.05) is 31.1 Å². The Bertz CT molecular complexity index is 480. The zero-order valence-electron chi connectivity index (χ0n) is 12.2. The van der Waals surface area contributed by atoms with E-state index in [1.54, 1.807) is 0 Å². The zero-order chi connectivity index (χ0) is 14.5. The lowest BCUT2D eigenvalue weighted by atomic mass is 9.96. The summed E-state index contributed by atoms with van der Waals surface area (Å²) in [4.78, 5) is 20.6. The van der Waals surface area contributed by atoms with Crippen molar-refractivity contribution in [1.29, 1.82) is 0 Å². The maximum Gasteiger partial charge on any atom is 0.267 e. The number of rotatable bonds is 5. The topological polar surface area (TPSA) is 61.0 Å². The van der Waals surface area contributed by atoms with Crippen LogP contribution in [0.1, 0.15) is 26.7 Å². The molecule has 6 heteroatoms. The second-order valence-electron chi connectivity index (χ2n) is 5.85. The van der Waals surface area contributed by atoms with E-state index in [1.807, 2.05) is 0 Å².